The zero-order valence-corrected chi connectivity index (χ0v) is 9.89. The van der Waals surface area contributed by atoms with Crippen LogP contribution in [0.15, 0.2) is 23.3 Å². The minimum Gasteiger partial charge on any atom is -0.475 e. The Balaban J connectivity index is 1.77. The summed E-state index contributed by atoms with van der Waals surface area (Å²) in [7, 11) is 0. The average molecular weight is 234 g/mol. The Hall–Kier alpha value is -1.09. The van der Waals surface area contributed by atoms with Gasteiger partial charge in [-0.1, -0.05) is 12.5 Å². The summed E-state index contributed by atoms with van der Waals surface area (Å²) in [6, 6.07) is 3.98. The standard InChI is InChI=1S/C13H14O2S/c14-12-11(9-10-5-4-8-16-10)15-13(12)6-2-1-3-7-13/h4-5,8-9H,1-3,6-7H2/b11-9-. The van der Waals surface area contributed by atoms with Crippen LogP contribution in [0.4, 0.5) is 0 Å². The summed E-state index contributed by atoms with van der Waals surface area (Å²) >= 11 is 1.63. The first-order chi connectivity index (χ1) is 7.80. The summed E-state index contributed by atoms with van der Waals surface area (Å²) in [6.45, 7) is 0. The van der Waals surface area contributed by atoms with Gasteiger partial charge in [-0.2, -0.15) is 0 Å². The Morgan fingerprint density at radius 2 is 2.12 bits per heavy atom. The maximum Gasteiger partial charge on any atom is 0.240 e. The highest BCUT2D eigenvalue weighted by atomic mass is 32.1. The fourth-order valence-corrected chi connectivity index (χ4v) is 3.18. The van der Waals surface area contributed by atoms with Crippen molar-refractivity contribution in [1.82, 2.24) is 0 Å². The molecule has 0 radical (unpaired) electrons. The van der Waals surface area contributed by atoms with Gasteiger partial charge in [0.05, 0.1) is 0 Å². The number of rotatable bonds is 1. The summed E-state index contributed by atoms with van der Waals surface area (Å²) in [5.74, 6) is 0.782. The lowest BCUT2D eigenvalue weighted by molar-refractivity contribution is -0.165. The third-order valence-electron chi connectivity index (χ3n) is 3.42. The Labute approximate surface area is 98.9 Å². The van der Waals surface area contributed by atoms with Gasteiger partial charge < -0.3 is 4.74 Å². The number of ketones is 1. The van der Waals surface area contributed by atoms with Gasteiger partial charge in [0.1, 0.15) is 0 Å². The van der Waals surface area contributed by atoms with Crippen molar-refractivity contribution in [2.24, 2.45) is 0 Å². The van der Waals surface area contributed by atoms with E-state index in [1.54, 1.807) is 11.3 Å². The molecule has 0 amide bonds. The van der Waals surface area contributed by atoms with Crippen molar-refractivity contribution in [3.05, 3.63) is 28.1 Å². The molecule has 0 aromatic carbocycles. The third-order valence-corrected chi connectivity index (χ3v) is 4.24. The van der Waals surface area contributed by atoms with Gasteiger partial charge in [-0.3, -0.25) is 4.79 Å². The van der Waals surface area contributed by atoms with Crippen LogP contribution in [0.3, 0.4) is 0 Å². The monoisotopic (exact) mass is 234 g/mol. The smallest absolute Gasteiger partial charge is 0.240 e. The Bertz CT molecular complexity index is 425. The van der Waals surface area contributed by atoms with Gasteiger partial charge in [-0.05, 0) is 37.1 Å². The van der Waals surface area contributed by atoms with E-state index in [1.165, 1.54) is 6.42 Å². The van der Waals surface area contributed by atoms with Crippen LogP contribution in [0.1, 0.15) is 37.0 Å². The largest absolute Gasteiger partial charge is 0.475 e. The molecule has 1 aliphatic heterocycles. The first-order valence-electron chi connectivity index (χ1n) is 5.79. The number of hydrogen-bond donors (Lipinski definition) is 0. The Kier molecular flexibility index (Phi) is 2.36. The van der Waals surface area contributed by atoms with E-state index in [9.17, 15) is 4.79 Å². The zero-order valence-electron chi connectivity index (χ0n) is 9.07. The highest BCUT2D eigenvalue weighted by Crippen LogP contribution is 2.44. The van der Waals surface area contributed by atoms with E-state index in [-0.39, 0.29) is 5.78 Å². The molecule has 0 atom stereocenters. The van der Waals surface area contributed by atoms with E-state index in [2.05, 4.69) is 0 Å². The first kappa shape index (κ1) is 10.1. The van der Waals surface area contributed by atoms with Crippen LogP contribution >= 0.6 is 11.3 Å². The molecule has 1 saturated heterocycles. The number of thiophene rings is 1. The van der Waals surface area contributed by atoms with Crippen LogP contribution in [0.5, 0.6) is 0 Å². The highest BCUT2D eigenvalue weighted by Gasteiger charge is 2.52. The van der Waals surface area contributed by atoms with Crippen LogP contribution in [0.25, 0.3) is 6.08 Å². The lowest BCUT2D eigenvalue weighted by Crippen LogP contribution is -2.53. The van der Waals surface area contributed by atoms with Gasteiger partial charge in [-0.25, -0.2) is 0 Å². The number of carbonyl (C=O) groups excluding carboxylic acids is 1. The number of Topliss-reactive ketones (excluding diaryl/α,β-unsaturated/α-hetero) is 1. The lowest BCUT2D eigenvalue weighted by Gasteiger charge is -2.44. The molecule has 3 rings (SSSR count). The molecule has 1 aromatic rings. The van der Waals surface area contributed by atoms with E-state index in [1.807, 2.05) is 23.6 Å². The van der Waals surface area contributed by atoms with Crippen molar-refractivity contribution in [1.29, 1.82) is 0 Å². The molecule has 2 heterocycles. The first-order valence-corrected chi connectivity index (χ1v) is 6.67. The quantitative estimate of drug-likeness (QED) is 0.696. The van der Waals surface area contributed by atoms with Gasteiger partial charge in [0.2, 0.25) is 5.78 Å². The molecule has 84 valence electrons. The maximum absolute atomic E-state index is 12.1. The van der Waals surface area contributed by atoms with Crippen LogP contribution in [0.2, 0.25) is 0 Å². The molecule has 1 spiro atoms. The van der Waals surface area contributed by atoms with Crippen molar-refractivity contribution in [3.8, 4) is 0 Å². The summed E-state index contributed by atoms with van der Waals surface area (Å²) in [5, 5.41) is 2.01. The lowest BCUT2D eigenvalue weighted by atomic mass is 9.77. The fraction of sp³-hybridized carbons (Fsp3) is 0.462. The summed E-state index contributed by atoms with van der Waals surface area (Å²) in [4.78, 5) is 13.2. The third kappa shape index (κ3) is 1.50. The average Bonchev–Trinajstić information content (AvgIpc) is 2.82. The van der Waals surface area contributed by atoms with Crippen molar-refractivity contribution < 1.29 is 9.53 Å². The molecule has 2 nitrogen and oxygen atoms in total. The summed E-state index contributed by atoms with van der Waals surface area (Å²) in [6.07, 6.45) is 7.17. The van der Waals surface area contributed by atoms with Crippen LogP contribution in [-0.4, -0.2) is 11.4 Å². The predicted octanol–water partition coefficient (Wildman–Crippen LogP) is 3.39. The predicted molar refractivity (Wildman–Crippen MR) is 64.2 cm³/mol. The minimum atomic E-state index is -0.429. The van der Waals surface area contributed by atoms with Crippen molar-refractivity contribution in [2.75, 3.05) is 0 Å². The van der Waals surface area contributed by atoms with Crippen LogP contribution in [0, 0.1) is 0 Å². The van der Waals surface area contributed by atoms with E-state index in [0.717, 1.165) is 30.6 Å². The van der Waals surface area contributed by atoms with E-state index < -0.39 is 5.60 Å². The topological polar surface area (TPSA) is 26.3 Å². The molecule has 0 unspecified atom stereocenters. The molecule has 2 aliphatic rings. The van der Waals surface area contributed by atoms with Gasteiger partial charge in [0.15, 0.2) is 11.4 Å². The van der Waals surface area contributed by atoms with E-state index >= 15 is 0 Å². The van der Waals surface area contributed by atoms with Crippen LogP contribution < -0.4 is 0 Å². The number of carbonyl (C=O) groups is 1. The molecule has 0 N–H and O–H groups in total. The van der Waals surface area contributed by atoms with Gasteiger partial charge in [0.25, 0.3) is 0 Å². The summed E-state index contributed by atoms with van der Waals surface area (Å²) in [5.41, 5.74) is -0.429. The molecule has 3 heteroatoms. The maximum atomic E-state index is 12.1. The molecule has 1 saturated carbocycles. The van der Waals surface area contributed by atoms with Gasteiger partial charge >= 0.3 is 0 Å². The normalized spacial score (nSPS) is 25.5. The molecule has 16 heavy (non-hydrogen) atoms. The Morgan fingerprint density at radius 3 is 2.75 bits per heavy atom. The molecule has 1 aromatic heterocycles. The minimum absolute atomic E-state index is 0.223. The Morgan fingerprint density at radius 1 is 1.31 bits per heavy atom. The second-order valence-corrected chi connectivity index (χ2v) is 5.49. The molecule has 0 bridgehead atoms. The molecular weight excluding hydrogens is 220 g/mol. The molecule has 2 fully saturated rings. The second kappa shape index (κ2) is 3.74. The van der Waals surface area contributed by atoms with Crippen molar-refractivity contribution >= 4 is 23.2 Å². The van der Waals surface area contributed by atoms with Gasteiger partial charge in [-0.15, -0.1) is 11.3 Å². The fourth-order valence-electron chi connectivity index (χ4n) is 2.53. The van der Waals surface area contributed by atoms with E-state index in [0.29, 0.717) is 5.76 Å². The van der Waals surface area contributed by atoms with Crippen molar-refractivity contribution in [3.63, 3.8) is 0 Å². The summed E-state index contributed by atoms with van der Waals surface area (Å²) < 4.78 is 5.77. The molecule has 1 aliphatic carbocycles. The number of hydrogen-bond acceptors (Lipinski definition) is 3. The SMILES string of the molecule is O=C1/C(=C/c2cccs2)OC12CCCCC2. The van der Waals surface area contributed by atoms with Crippen molar-refractivity contribution in [2.45, 2.75) is 37.7 Å². The zero-order chi connectivity index (χ0) is 11.0. The highest BCUT2D eigenvalue weighted by molar-refractivity contribution is 7.10. The molecular formula is C13H14O2S. The number of ether oxygens (including phenoxy) is 1. The van der Waals surface area contributed by atoms with Crippen LogP contribution in [-0.2, 0) is 9.53 Å². The van der Waals surface area contributed by atoms with Gasteiger partial charge in [0, 0.05) is 11.0 Å². The second-order valence-electron chi connectivity index (χ2n) is 4.51. The van der Waals surface area contributed by atoms with E-state index in [4.69, 9.17) is 4.74 Å².